The molecule has 0 atom stereocenters. The number of benzene rings is 2. The number of carbonyl (C=O) groups is 1. The van der Waals surface area contributed by atoms with E-state index in [9.17, 15) is 9.18 Å². The molecule has 0 saturated carbocycles. The molecule has 4 heteroatoms. The van der Waals surface area contributed by atoms with Crippen molar-refractivity contribution in [3.05, 3.63) is 58.9 Å². The van der Waals surface area contributed by atoms with Gasteiger partial charge in [0.2, 0.25) is 0 Å². The minimum atomic E-state index is -0.405. The average Bonchev–Trinajstić information content (AvgIpc) is 2.48. The second-order valence-electron chi connectivity index (χ2n) is 4.36. The average molecular weight is 274 g/mol. The summed E-state index contributed by atoms with van der Waals surface area (Å²) in [5, 5.41) is 0. The van der Waals surface area contributed by atoms with Crippen LogP contribution in [-0.4, -0.2) is 20.0 Å². The van der Waals surface area contributed by atoms with Gasteiger partial charge < -0.3 is 9.47 Å². The Morgan fingerprint density at radius 2 is 1.80 bits per heavy atom. The van der Waals surface area contributed by atoms with Gasteiger partial charge in [0.25, 0.3) is 0 Å². The van der Waals surface area contributed by atoms with Gasteiger partial charge >= 0.3 is 0 Å². The first kappa shape index (κ1) is 14.1. The number of aryl methyl sites for hydroxylation is 1. The predicted molar refractivity (Wildman–Crippen MR) is 74.1 cm³/mol. The van der Waals surface area contributed by atoms with Crippen LogP contribution < -0.4 is 9.47 Å². The predicted octanol–water partition coefficient (Wildman–Crippen LogP) is 3.38. The highest BCUT2D eigenvalue weighted by molar-refractivity contribution is 6.11. The molecule has 0 aliphatic heterocycles. The molecule has 0 fully saturated rings. The molecule has 0 aromatic heterocycles. The SMILES string of the molecule is COc1ccc(OC)c(C(=O)c2ccc(C)c(F)c2)c1. The van der Waals surface area contributed by atoms with Gasteiger partial charge in [-0.1, -0.05) is 12.1 Å². The quantitative estimate of drug-likeness (QED) is 0.802. The van der Waals surface area contributed by atoms with E-state index in [1.54, 1.807) is 37.3 Å². The summed E-state index contributed by atoms with van der Waals surface area (Å²) in [5.74, 6) is 0.260. The van der Waals surface area contributed by atoms with Gasteiger partial charge in [-0.3, -0.25) is 4.79 Å². The first-order valence-electron chi connectivity index (χ1n) is 6.09. The van der Waals surface area contributed by atoms with Gasteiger partial charge in [-0.05, 0) is 36.8 Å². The maximum absolute atomic E-state index is 13.6. The van der Waals surface area contributed by atoms with E-state index in [4.69, 9.17) is 9.47 Å². The third kappa shape index (κ3) is 2.64. The van der Waals surface area contributed by atoms with E-state index in [0.717, 1.165) is 0 Å². The molecule has 0 unspecified atom stereocenters. The van der Waals surface area contributed by atoms with Crippen molar-refractivity contribution >= 4 is 5.78 Å². The zero-order valence-electron chi connectivity index (χ0n) is 11.6. The van der Waals surface area contributed by atoms with Crippen molar-refractivity contribution in [1.29, 1.82) is 0 Å². The van der Waals surface area contributed by atoms with Crippen LogP contribution in [0.5, 0.6) is 11.5 Å². The van der Waals surface area contributed by atoms with Crippen LogP contribution in [0.15, 0.2) is 36.4 Å². The Morgan fingerprint density at radius 3 is 2.40 bits per heavy atom. The van der Waals surface area contributed by atoms with Crippen molar-refractivity contribution in [3.63, 3.8) is 0 Å². The molecule has 20 heavy (non-hydrogen) atoms. The molecule has 2 rings (SSSR count). The van der Waals surface area contributed by atoms with Crippen LogP contribution >= 0.6 is 0 Å². The summed E-state index contributed by atoms with van der Waals surface area (Å²) in [6.45, 7) is 1.65. The van der Waals surface area contributed by atoms with Crippen LogP contribution in [0.1, 0.15) is 21.5 Å². The van der Waals surface area contributed by atoms with Gasteiger partial charge in [0.05, 0.1) is 19.8 Å². The fraction of sp³-hybridized carbons (Fsp3) is 0.188. The Morgan fingerprint density at radius 1 is 1.05 bits per heavy atom. The van der Waals surface area contributed by atoms with Crippen molar-refractivity contribution < 1.29 is 18.7 Å². The topological polar surface area (TPSA) is 35.5 Å². The van der Waals surface area contributed by atoms with Crippen molar-refractivity contribution in [2.24, 2.45) is 0 Å². The third-order valence-corrected chi connectivity index (χ3v) is 3.09. The van der Waals surface area contributed by atoms with Crippen molar-refractivity contribution in [2.45, 2.75) is 6.92 Å². The summed E-state index contributed by atoms with van der Waals surface area (Å²) in [4.78, 5) is 12.5. The number of halogens is 1. The highest BCUT2D eigenvalue weighted by Crippen LogP contribution is 2.26. The second-order valence-corrected chi connectivity index (χ2v) is 4.36. The Hall–Kier alpha value is -2.36. The lowest BCUT2D eigenvalue weighted by Crippen LogP contribution is -2.05. The number of hydrogen-bond donors (Lipinski definition) is 0. The van der Waals surface area contributed by atoms with Gasteiger partial charge in [0.1, 0.15) is 17.3 Å². The number of hydrogen-bond acceptors (Lipinski definition) is 3. The first-order valence-corrected chi connectivity index (χ1v) is 6.09. The lowest BCUT2D eigenvalue weighted by atomic mass is 10.0. The zero-order chi connectivity index (χ0) is 14.7. The molecular formula is C16H15FO3. The fourth-order valence-corrected chi connectivity index (χ4v) is 1.88. The molecule has 3 nitrogen and oxygen atoms in total. The van der Waals surface area contributed by atoms with Gasteiger partial charge in [-0.25, -0.2) is 4.39 Å². The summed E-state index contributed by atoms with van der Waals surface area (Å²) in [5.41, 5.74) is 1.12. The first-order chi connectivity index (χ1) is 9.56. The van der Waals surface area contributed by atoms with E-state index < -0.39 is 5.82 Å². The monoisotopic (exact) mass is 274 g/mol. The van der Waals surface area contributed by atoms with Crippen molar-refractivity contribution in [2.75, 3.05) is 14.2 Å². The Bertz CT molecular complexity index is 650. The fourth-order valence-electron chi connectivity index (χ4n) is 1.88. The van der Waals surface area contributed by atoms with E-state index in [-0.39, 0.29) is 11.3 Å². The molecule has 0 heterocycles. The van der Waals surface area contributed by atoms with Crippen LogP contribution in [-0.2, 0) is 0 Å². The summed E-state index contributed by atoms with van der Waals surface area (Å²) in [7, 11) is 3.00. The Kier molecular flexibility index (Phi) is 4.03. The van der Waals surface area contributed by atoms with E-state index in [0.29, 0.717) is 22.6 Å². The molecule has 2 aromatic rings. The minimum Gasteiger partial charge on any atom is -0.497 e. The van der Waals surface area contributed by atoms with E-state index in [1.807, 2.05) is 0 Å². The second kappa shape index (κ2) is 5.74. The maximum atomic E-state index is 13.6. The molecule has 0 radical (unpaired) electrons. The number of carbonyl (C=O) groups excluding carboxylic acids is 1. The van der Waals surface area contributed by atoms with E-state index in [2.05, 4.69) is 0 Å². The molecule has 0 aliphatic carbocycles. The standard InChI is InChI=1S/C16H15FO3/c1-10-4-5-11(8-14(10)17)16(18)13-9-12(19-2)6-7-15(13)20-3/h4-9H,1-3H3. The molecule has 0 spiro atoms. The molecular weight excluding hydrogens is 259 g/mol. The molecule has 104 valence electrons. The third-order valence-electron chi connectivity index (χ3n) is 3.09. The van der Waals surface area contributed by atoms with Crippen molar-refractivity contribution in [1.82, 2.24) is 0 Å². The Labute approximate surface area is 117 Å². The van der Waals surface area contributed by atoms with Crippen LogP contribution in [0, 0.1) is 12.7 Å². The van der Waals surface area contributed by atoms with Crippen LogP contribution in [0.2, 0.25) is 0 Å². The summed E-state index contributed by atoms with van der Waals surface area (Å²) in [6, 6.07) is 9.34. The number of ether oxygens (including phenoxy) is 2. The van der Waals surface area contributed by atoms with Crippen LogP contribution in [0.4, 0.5) is 4.39 Å². The molecule has 0 saturated heterocycles. The highest BCUT2D eigenvalue weighted by atomic mass is 19.1. The van der Waals surface area contributed by atoms with Gasteiger partial charge in [-0.15, -0.1) is 0 Å². The minimum absolute atomic E-state index is 0.277. The van der Waals surface area contributed by atoms with Crippen LogP contribution in [0.25, 0.3) is 0 Å². The molecule has 0 aliphatic rings. The number of rotatable bonds is 4. The number of ketones is 1. The number of methoxy groups -OCH3 is 2. The maximum Gasteiger partial charge on any atom is 0.196 e. The molecule has 0 bridgehead atoms. The summed E-state index contributed by atoms with van der Waals surface area (Å²) >= 11 is 0. The lowest BCUT2D eigenvalue weighted by molar-refractivity contribution is 0.103. The van der Waals surface area contributed by atoms with Crippen molar-refractivity contribution in [3.8, 4) is 11.5 Å². The Balaban J connectivity index is 2.48. The molecule has 2 aromatic carbocycles. The smallest absolute Gasteiger partial charge is 0.196 e. The normalized spacial score (nSPS) is 10.2. The summed E-state index contributed by atoms with van der Waals surface area (Å²) < 4.78 is 23.8. The lowest BCUT2D eigenvalue weighted by Gasteiger charge is -2.10. The largest absolute Gasteiger partial charge is 0.497 e. The summed E-state index contributed by atoms with van der Waals surface area (Å²) in [6.07, 6.45) is 0. The van der Waals surface area contributed by atoms with Gasteiger partial charge in [0.15, 0.2) is 5.78 Å². The van der Waals surface area contributed by atoms with E-state index >= 15 is 0 Å². The van der Waals surface area contributed by atoms with Gasteiger partial charge in [0, 0.05) is 5.56 Å². The molecule has 0 amide bonds. The highest BCUT2D eigenvalue weighted by Gasteiger charge is 2.16. The van der Waals surface area contributed by atoms with Crippen LogP contribution in [0.3, 0.4) is 0 Å². The van der Waals surface area contributed by atoms with E-state index in [1.165, 1.54) is 20.3 Å². The molecule has 0 N–H and O–H groups in total. The van der Waals surface area contributed by atoms with Gasteiger partial charge in [-0.2, -0.15) is 0 Å². The zero-order valence-corrected chi connectivity index (χ0v) is 11.6.